The Bertz CT molecular complexity index is 817. The highest BCUT2D eigenvalue weighted by Crippen LogP contribution is 2.24. The molecule has 1 saturated heterocycles. The quantitative estimate of drug-likeness (QED) is 0.183. The Morgan fingerprint density at radius 2 is 2.33 bits per heavy atom. The molecule has 1 aromatic rings. The Balaban J connectivity index is 2.21. The largest absolute Gasteiger partial charge is 0.398 e. The summed E-state index contributed by atoms with van der Waals surface area (Å²) in [6.07, 6.45) is 1.11. The predicted molar refractivity (Wildman–Crippen MR) is 84.4 cm³/mol. The summed E-state index contributed by atoms with van der Waals surface area (Å²) < 4.78 is 31.4. The molecule has 1 fully saturated rings. The zero-order valence-corrected chi connectivity index (χ0v) is 13.9. The van der Waals surface area contributed by atoms with Crippen molar-refractivity contribution < 1.29 is 27.4 Å². The second kappa shape index (κ2) is 6.54. The van der Waals surface area contributed by atoms with Crippen LogP contribution in [0.3, 0.4) is 0 Å². The number of nitrogens with one attached hydrogen (secondary N) is 1. The van der Waals surface area contributed by atoms with E-state index in [1.807, 2.05) is 0 Å². The van der Waals surface area contributed by atoms with E-state index < -0.39 is 34.2 Å². The molecule has 13 heteroatoms. The first kappa shape index (κ1) is 17.8. The number of β-lactam (4-membered cyclic amide) rings is 1. The molecule has 2 amide bonds. The summed E-state index contributed by atoms with van der Waals surface area (Å²) in [6.45, 7) is 3.38. The van der Waals surface area contributed by atoms with Crippen LogP contribution in [-0.4, -0.2) is 59.0 Å². The molecule has 2 rings (SSSR count). The molecule has 2 heterocycles. The number of nitrogen functional groups attached to an aromatic ring is 1. The minimum absolute atomic E-state index is 0.130. The normalized spacial score (nSPS) is 21.2. The monoisotopic (exact) mass is 375 g/mol. The first-order chi connectivity index (χ1) is 11.2. The molecule has 0 aliphatic carbocycles. The summed E-state index contributed by atoms with van der Waals surface area (Å²) in [7, 11) is -3.53. The minimum atomic E-state index is -4.75. The van der Waals surface area contributed by atoms with Gasteiger partial charge in [-0.3, -0.25) is 14.1 Å². The van der Waals surface area contributed by atoms with Gasteiger partial charge in [-0.25, -0.2) is 9.29 Å². The molecule has 1 aliphatic heterocycles. The summed E-state index contributed by atoms with van der Waals surface area (Å²) >= 11 is 1.07. The maximum atomic E-state index is 12.3. The molecule has 130 valence electrons. The van der Waals surface area contributed by atoms with E-state index >= 15 is 0 Å². The van der Waals surface area contributed by atoms with E-state index in [4.69, 9.17) is 10.3 Å². The molecule has 2 atom stereocenters. The molecule has 0 spiro atoms. The highest BCUT2D eigenvalue weighted by Gasteiger charge is 2.52. The van der Waals surface area contributed by atoms with E-state index in [9.17, 15) is 18.0 Å². The minimum Gasteiger partial charge on any atom is -0.398 e. The molecule has 0 aromatic carbocycles. The Kier molecular flexibility index (Phi) is 4.86. The standard InChI is InChI=1S/C11H13N5O6S2/c1-3-6-8(10(18)16(6)24(19,20)21)14-9(17)7(15-22-2)5-4-23-11(12)13-5/h3-4,6,8H,1H2,2H3,(H2,12,13)(H,14,17)(H,19,20,21)/t6-,8+/m1/s1. The second-order valence-electron chi connectivity index (χ2n) is 4.48. The Morgan fingerprint density at radius 1 is 1.67 bits per heavy atom. The van der Waals surface area contributed by atoms with Gasteiger partial charge in [0.05, 0.1) is 6.04 Å². The third-order valence-electron chi connectivity index (χ3n) is 3.03. The molecule has 0 radical (unpaired) electrons. The Morgan fingerprint density at radius 3 is 2.79 bits per heavy atom. The van der Waals surface area contributed by atoms with Crippen molar-refractivity contribution in [1.82, 2.24) is 14.6 Å². The van der Waals surface area contributed by atoms with E-state index in [-0.39, 0.29) is 20.8 Å². The number of aromatic nitrogens is 1. The van der Waals surface area contributed by atoms with E-state index in [2.05, 4.69) is 26.9 Å². The van der Waals surface area contributed by atoms with Crippen LogP contribution in [0.2, 0.25) is 0 Å². The molecule has 1 aliphatic rings. The fourth-order valence-electron chi connectivity index (χ4n) is 2.03. The van der Waals surface area contributed by atoms with Crippen LogP contribution in [0.25, 0.3) is 0 Å². The summed E-state index contributed by atoms with van der Waals surface area (Å²) in [5, 5.41) is 7.50. The van der Waals surface area contributed by atoms with Gasteiger partial charge in [0, 0.05) is 5.38 Å². The number of carbonyl (C=O) groups is 2. The van der Waals surface area contributed by atoms with Crippen LogP contribution in [0, 0.1) is 0 Å². The summed E-state index contributed by atoms with van der Waals surface area (Å²) in [4.78, 5) is 32.6. The predicted octanol–water partition coefficient (Wildman–Crippen LogP) is -1.24. The van der Waals surface area contributed by atoms with Crippen LogP contribution < -0.4 is 11.1 Å². The van der Waals surface area contributed by atoms with Crippen LogP contribution in [-0.2, 0) is 24.7 Å². The van der Waals surface area contributed by atoms with Gasteiger partial charge in [0.2, 0.25) is 0 Å². The van der Waals surface area contributed by atoms with E-state index in [1.165, 1.54) is 12.5 Å². The third kappa shape index (κ3) is 3.22. The van der Waals surface area contributed by atoms with E-state index in [1.54, 1.807) is 0 Å². The van der Waals surface area contributed by atoms with Crippen molar-refractivity contribution in [3.05, 3.63) is 23.7 Å². The summed E-state index contributed by atoms with van der Waals surface area (Å²) in [5.41, 5.74) is 5.38. The number of nitrogens with two attached hydrogens (primary N) is 1. The molecule has 1 aromatic heterocycles. The van der Waals surface area contributed by atoms with Gasteiger partial charge in [-0.1, -0.05) is 11.2 Å². The van der Waals surface area contributed by atoms with Crippen LogP contribution in [0.1, 0.15) is 5.69 Å². The van der Waals surface area contributed by atoms with Crippen molar-refractivity contribution in [2.75, 3.05) is 12.8 Å². The van der Waals surface area contributed by atoms with Crippen LogP contribution >= 0.6 is 11.3 Å². The van der Waals surface area contributed by atoms with Crippen LogP contribution in [0.4, 0.5) is 5.13 Å². The van der Waals surface area contributed by atoms with Gasteiger partial charge >= 0.3 is 10.3 Å². The van der Waals surface area contributed by atoms with Crippen LogP contribution in [0.15, 0.2) is 23.2 Å². The fraction of sp³-hybridized carbons (Fsp3) is 0.273. The average Bonchev–Trinajstić information content (AvgIpc) is 2.91. The van der Waals surface area contributed by atoms with Gasteiger partial charge in [-0.2, -0.15) is 8.42 Å². The first-order valence-corrected chi connectivity index (χ1v) is 8.55. The zero-order chi connectivity index (χ0) is 18.1. The number of thiazole rings is 1. The molecule has 24 heavy (non-hydrogen) atoms. The van der Waals surface area contributed by atoms with Crippen molar-refractivity contribution in [2.24, 2.45) is 5.16 Å². The lowest BCUT2D eigenvalue weighted by molar-refractivity contribution is -0.142. The van der Waals surface area contributed by atoms with Gasteiger partial charge in [-0.05, 0) is 0 Å². The molecule has 0 saturated carbocycles. The number of hydrogen-bond acceptors (Lipinski definition) is 9. The number of oxime groups is 1. The Labute approximate surface area is 140 Å². The molecule has 4 N–H and O–H groups in total. The van der Waals surface area contributed by atoms with Crippen molar-refractivity contribution in [3.63, 3.8) is 0 Å². The lowest BCUT2D eigenvalue weighted by Crippen LogP contribution is -2.71. The van der Waals surface area contributed by atoms with Gasteiger partial charge in [0.25, 0.3) is 11.8 Å². The average molecular weight is 375 g/mol. The lowest BCUT2D eigenvalue weighted by Gasteiger charge is -2.42. The lowest BCUT2D eigenvalue weighted by atomic mass is 9.98. The topological polar surface area (TPSA) is 164 Å². The van der Waals surface area contributed by atoms with Gasteiger partial charge in [-0.15, -0.1) is 17.9 Å². The van der Waals surface area contributed by atoms with Crippen LogP contribution in [0.5, 0.6) is 0 Å². The number of nitrogens with zero attached hydrogens (tertiary/aromatic N) is 3. The Hall–Kier alpha value is -2.51. The number of rotatable bonds is 6. The number of anilines is 1. The first-order valence-electron chi connectivity index (χ1n) is 6.27. The zero-order valence-electron chi connectivity index (χ0n) is 12.2. The van der Waals surface area contributed by atoms with Gasteiger partial charge < -0.3 is 15.9 Å². The number of amides is 2. The molecule has 11 nitrogen and oxygen atoms in total. The SMILES string of the molecule is C=C[C@@H]1[C@H](NC(=O)C(=NOC)c2csc(N)n2)C(=O)N1S(=O)(=O)O. The van der Waals surface area contributed by atoms with E-state index in [0.29, 0.717) is 0 Å². The smallest absolute Gasteiger partial charge is 0.362 e. The van der Waals surface area contributed by atoms with Crippen molar-refractivity contribution in [3.8, 4) is 0 Å². The maximum Gasteiger partial charge on any atom is 0.362 e. The highest BCUT2D eigenvalue weighted by molar-refractivity contribution is 7.84. The van der Waals surface area contributed by atoms with Crippen molar-refractivity contribution >= 4 is 44.3 Å². The molecule has 0 bridgehead atoms. The van der Waals surface area contributed by atoms with Gasteiger partial charge in [0.15, 0.2) is 10.8 Å². The summed E-state index contributed by atoms with van der Waals surface area (Å²) in [5.74, 6) is -1.84. The maximum absolute atomic E-state index is 12.3. The number of carbonyl (C=O) groups excluding carboxylic acids is 2. The molecular weight excluding hydrogens is 362 g/mol. The third-order valence-corrected chi connectivity index (χ3v) is 4.63. The number of hydrogen-bond donors (Lipinski definition) is 3. The summed E-state index contributed by atoms with van der Waals surface area (Å²) in [6, 6.07) is -2.35. The fourth-order valence-corrected chi connectivity index (χ4v) is 3.44. The van der Waals surface area contributed by atoms with E-state index in [0.717, 1.165) is 17.4 Å². The highest BCUT2D eigenvalue weighted by atomic mass is 32.2. The van der Waals surface area contributed by atoms with Crippen molar-refractivity contribution in [2.45, 2.75) is 12.1 Å². The van der Waals surface area contributed by atoms with Gasteiger partial charge in [0.1, 0.15) is 18.8 Å². The molecular formula is C11H13N5O6S2. The molecule has 0 unspecified atom stereocenters. The van der Waals surface area contributed by atoms with Crippen molar-refractivity contribution in [1.29, 1.82) is 0 Å². The second-order valence-corrected chi connectivity index (χ2v) is 6.66.